The maximum absolute atomic E-state index is 12.8. The van der Waals surface area contributed by atoms with E-state index in [1.807, 2.05) is 36.4 Å². The van der Waals surface area contributed by atoms with Crippen molar-refractivity contribution in [1.82, 2.24) is 14.8 Å². The molecule has 0 aliphatic carbocycles. The van der Waals surface area contributed by atoms with Crippen LogP contribution in [-0.2, 0) is 6.18 Å². The summed E-state index contributed by atoms with van der Waals surface area (Å²) < 4.78 is 40.0. The van der Waals surface area contributed by atoms with Gasteiger partial charge in [0.25, 0.3) is 0 Å². The smallest absolute Gasteiger partial charge is 0.324 e. The summed E-state index contributed by atoms with van der Waals surface area (Å²) in [4.78, 5) is 4.18. The lowest BCUT2D eigenvalue weighted by Crippen LogP contribution is -2.20. The van der Waals surface area contributed by atoms with Gasteiger partial charge in [-0.3, -0.25) is 0 Å². The van der Waals surface area contributed by atoms with Crippen LogP contribution in [0.25, 0.3) is 5.70 Å². The van der Waals surface area contributed by atoms with Crippen LogP contribution in [-0.4, -0.2) is 14.8 Å². The molecule has 0 fully saturated rings. The second-order valence-electron chi connectivity index (χ2n) is 5.66. The molecule has 2 heterocycles. The second-order valence-corrected chi connectivity index (χ2v) is 5.66. The summed E-state index contributed by atoms with van der Waals surface area (Å²) in [5.74, 6) is 0.547. The van der Waals surface area contributed by atoms with Crippen LogP contribution in [0.2, 0.25) is 0 Å². The van der Waals surface area contributed by atoms with Crippen molar-refractivity contribution >= 4 is 11.6 Å². The summed E-state index contributed by atoms with van der Waals surface area (Å²) in [6.07, 6.45) is -1.00. The maximum atomic E-state index is 12.8. The Balaban J connectivity index is 1.76. The first-order valence-corrected chi connectivity index (χ1v) is 7.63. The molecule has 0 saturated carbocycles. The van der Waals surface area contributed by atoms with Crippen molar-refractivity contribution in [2.24, 2.45) is 0 Å². The maximum Gasteiger partial charge on any atom is 0.416 e. The van der Waals surface area contributed by atoms with E-state index in [1.165, 1.54) is 18.5 Å². The largest absolute Gasteiger partial charge is 0.416 e. The molecule has 1 aromatic heterocycles. The predicted molar refractivity (Wildman–Crippen MR) is 87.6 cm³/mol. The minimum atomic E-state index is -4.35. The highest BCUT2D eigenvalue weighted by Gasteiger charge is 2.31. The molecule has 1 aliphatic heterocycles. The molecule has 4 nitrogen and oxygen atoms in total. The van der Waals surface area contributed by atoms with Crippen molar-refractivity contribution in [3.05, 3.63) is 83.7 Å². The molecule has 1 unspecified atom stereocenters. The Labute approximate surface area is 141 Å². The lowest BCUT2D eigenvalue weighted by molar-refractivity contribution is -0.137. The Kier molecular flexibility index (Phi) is 3.56. The van der Waals surface area contributed by atoms with Crippen molar-refractivity contribution < 1.29 is 13.2 Å². The van der Waals surface area contributed by atoms with E-state index in [4.69, 9.17) is 0 Å². The number of nitrogens with zero attached hydrogens (tertiary/aromatic N) is 3. The van der Waals surface area contributed by atoms with E-state index >= 15 is 0 Å². The Bertz CT molecular complexity index is 911. The van der Waals surface area contributed by atoms with Crippen LogP contribution < -0.4 is 5.32 Å². The first-order chi connectivity index (χ1) is 12.0. The van der Waals surface area contributed by atoms with E-state index in [9.17, 15) is 13.2 Å². The fourth-order valence-corrected chi connectivity index (χ4v) is 2.83. The van der Waals surface area contributed by atoms with Crippen LogP contribution in [0.15, 0.2) is 67.0 Å². The topological polar surface area (TPSA) is 42.7 Å². The van der Waals surface area contributed by atoms with E-state index in [-0.39, 0.29) is 6.04 Å². The Morgan fingerprint density at radius 3 is 2.36 bits per heavy atom. The van der Waals surface area contributed by atoms with Crippen LogP contribution >= 0.6 is 0 Å². The van der Waals surface area contributed by atoms with E-state index in [0.29, 0.717) is 11.5 Å². The molecule has 0 radical (unpaired) electrons. The average Bonchev–Trinajstić information content (AvgIpc) is 3.09. The zero-order chi connectivity index (χ0) is 17.4. The summed E-state index contributed by atoms with van der Waals surface area (Å²) in [5, 5.41) is 7.39. The highest BCUT2D eigenvalue weighted by molar-refractivity contribution is 5.77. The normalized spacial score (nSPS) is 16.8. The van der Waals surface area contributed by atoms with Gasteiger partial charge in [-0.2, -0.15) is 23.3 Å². The van der Waals surface area contributed by atoms with Gasteiger partial charge in [0, 0.05) is 5.70 Å². The zero-order valence-corrected chi connectivity index (χ0v) is 12.9. The van der Waals surface area contributed by atoms with E-state index < -0.39 is 11.7 Å². The monoisotopic (exact) mass is 342 g/mol. The third kappa shape index (κ3) is 2.88. The van der Waals surface area contributed by atoms with Gasteiger partial charge >= 0.3 is 6.18 Å². The van der Waals surface area contributed by atoms with Crippen molar-refractivity contribution in [2.45, 2.75) is 12.2 Å². The number of hydrogen-bond acceptors (Lipinski definition) is 3. The third-order valence-corrected chi connectivity index (χ3v) is 4.07. The molecule has 0 bridgehead atoms. The number of benzene rings is 2. The fourth-order valence-electron chi connectivity index (χ4n) is 2.83. The SMILES string of the molecule is FC(F)(F)c1ccc(C2C=C(c3ccccc3)Nc3ncnn32)cc1. The fraction of sp³-hybridized carbons (Fsp3) is 0.111. The van der Waals surface area contributed by atoms with Crippen molar-refractivity contribution in [3.63, 3.8) is 0 Å². The number of anilines is 1. The molecule has 2 aromatic carbocycles. The third-order valence-electron chi connectivity index (χ3n) is 4.07. The van der Waals surface area contributed by atoms with E-state index in [1.54, 1.807) is 4.68 Å². The first-order valence-electron chi connectivity index (χ1n) is 7.63. The summed E-state index contributed by atoms with van der Waals surface area (Å²) in [7, 11) is 0. The van der Waals surface area contributed by atoms with Crippen molar-refractivity contribution in [2.75, 3.05) is 5.32 Å². The summed E-state index contributed by atoms with van der Waals surface area (Å²) in [5.41, 5.74) is 1.84. The van der Waals surface area contributed by atoms with Gasteiger partial charge in [0.05, 0.1) is 5.56 Å². The van der Waals surface area contributed by atoms with Gasteiger partial charge in [-0.15, -0.1) is 0 Å². The molecule has 7 heteroatoms. The number of rotatable bonds is 2. The number of halogens is 3. The van der Waals surface area contributed by atoms with Crippen LogP contribution in [0.1, 0.15) is 22.7 Å². The molecule has 0 amide bonds. The molecule has 126 valence electrons. The highest BCUT2D eigenvalue weighted by Crippen LogP contribution is 2.34. The number of allylic oxidation sites excluding steroid dienone is 1. The highest BCUT2D eigenvalue weighted by atomic mass is 19.4. The Morgan fingerprint density at radius 1 is 0.960 bits per heavy atom. The number of alkyl halides is 3. The van der Waals surface area contributed by atoms with Gasteiger partial charge in [0.15, 0.2) is 0 Å². The number of aromatic nitrogens is 3. The molecule has 3 aromatic rings. The molecule has 25 heavy (non-hydrogen) atoms. The minimum absolute atomic E-state index is 0.337. The van der Waals surface area contributed by atoms with Crippen molar-refractivity contribution in [3.8, 4) is 0 Å². The lowest BCUT2D eigenvalue weighted by atomic mass is 10.0. The molecule has 0 saturated heterocycles. The van der Waals surface area contributed by atoms with Gasteiger partial charge in [-0.1, -0.05) is 42.5 Å². The Morgan fingerprint density at radius 2 is 1.68 bits per heavy atom. The standard InChI is InChI=1S/C18H13F3N4/c19-18(20,21)14-8-6-13(7-9-14)16-10-15(12-4-2-1-3-5-12)24-17-22-11-23-25(16)17/h1-11,16H,(H,22,23,24). The van der Waals surface area contributed by atoms with Gasteiger partial charge in [0.2, 0.25) is 5.95 Å². The van der Waals surface area contributed by atoms with E-state index in [0.717, 1.165) is 23.4 Å². The van der Waals surface area contributed by atoms with Gasteiger partial charge < -0.3 is 5.32 Å². The average molecular weight is 342 g/mol. The summed E-state index contributed by atoms with van der Waals surface area (Å²) >= 11 is 0. The van der Waals surface area contributed by atoms with Crippen LogP contribution in [0.3, 0.4) is 0 Å². The first kappa shape index (κ1) is 15.4. The summed E-state index contributed by atoms with van der Waals surface area (Å²) in [6, 6.07) is 14.5. The number of nitrogens with one attached hydrogen (secondary N) is 1. The molecule has 1 aliphatic rings. The molecule has 0 spiro atoms. The van der Waals surface area contributed by atoms with Crippen LogP contribution in [0.5, 0.6) is 0 Å². The molecule has 1 N–H and O–H groups in total. The number of hydrogen-bond donors (Lipinski definition) is 1. The van der Waals surface area contributed by atoms with E-state index in [2.05, 4.69) is 15.4 Å². The van der Waals surface area contributed by atoms with Gasteiger partial charge in [-0.25, -0.2) is 4.68 Å². The number of fused-ring (bicyclic) bond motifs is 1. The molecular weight excluding hydrogens is 329 g/mol. The quantitative estimate of drug-likeness (QED) is 0.753. The van der Waals surface area contributed by atoms with Gasteiger partial charge in [-0.05, 0) is 29.3 Å². The molecule has 4 rings (SSSR count). The zero-order valence-electron chi connectivity index (χ0n) is 12.9. The van der Waals surface area contributed by atoms with Gasteiger partial charge in [0.1, 0.15) is 12.4 Å². The lowest BCUT2D eigenvalue weighted by Gasteiger charge is -2.24. The Hall–Kier alpha value is -3.09. The van der Waals surface area contributed by atoms with Crippen LogP contribution in [0, 0.1) is 0 Å². The van der Waals surface area contributed by atoms with Crippen LogP contribution in [0.4, 0.5) is 19.1 Å². The second kappa shape index (κ2) is 5.77. The van der Waals surface area contributed by atoms with Crippen molar-refractivity contribution in [1.29, 1.82) is 0 Å². The summed E-state index contributed by atoms with van der Waals surface area (Å²) in [6.45, 7) is 0. The molecular formula is C18H13F3N4. The predicted octanol–water partition coefficient (Wildman–Crippen LogP) is 4.35. The molecule has 1 atom stereocenters. The minimum Gasteiger partial charge on any atom is -0.324 e.